The minimum atomic E-state index is -1.77. The van der Waals surface area contributed by atoms with E-state index in [4.69, 9.17) is 18.9 Å². The Bertz CT molecular complexity index is 932. The lowest BCUT2D eigenvalue weighted by Gasteiger charge is -2.40. The van der Waals surface area contributed by atoms with Crippen molar-refractivity contribution in [1.29, 1.82) is 0 Å². The predicted molar refractivity (Wildman–Crippen MR) is 114 cm³/mol. The van der Waals surface area contributed by atoms with Crippen molar-refractivity contribution in [2.24, 2.45) is 17.8 Å². The second-order valence-electron chi connectivity index (χ2n) is 9.76. The van der Waals surface area contributed by atoms with Crippen LogP contribution in [0.25, 0.3) is 0 Å². The van der Waals surface area contributed by atoms with E-state index in [1.165, 1.54) is 20.8 Å². The van der Waals surface area contributed by atoms with Crippen molar-refractivity contribution in [3.05, 3.63) is 23.8 Å². The first-order valence-corrected chi connectivity index (χ1v) is 11.0. The zero-order chi connectivity index (χ0) is 24.9. The van der Waals surface area contributed by atoms with Gasteiger partial charge in [0.05, 0.1) is 11.5 Å². The van der Waals surface area contributed by atoms with Gasteiger partial charge >= 0.3 is 23.9 Å². The maximum Gasteiger partial charge on any atom is 0.351 e. The quantitative estimate of drug-likeness (QED) is 0.288. The van der Waals surface area contributed by atoms with E-state index in [0.29, 0.717) is 5.57 Å². The van der Waals surface area contributed by atoms with Gasteiger partial charge in [0, 0.05) is 37.7 Å². The normalized spacial score (nSPS) is 42.0. The monoisotopic (exact) mass is 464 g/mol. The van der Waals surface area contributed by atoms with E-state index in [0.717, 1.165) is 0 Å². The van der Waals surface area contributed by atoms with Crippen molar-refractivity contribution in [2.45, 2.75) is 83.9 Å². The molecule has 1 aliphatic heterocycles. The molecule has 33 heavy (non-hydrogen) atoms. The number of esters is 4. The van der Waals surface area contributed by atoms with Crippen LogP contribution >= 0.6 is 0 Å². The Hall–Kier alpha value is -2.68. The summed E-state index contributed by atoms with van der Waals surface area (Å²) in [5.41, 5.74) is -4.04. The van der Waals surface area contributed by atoms with Crippen molar-refractivity contribution in [1.82, 2.24) is 0 Å². The Morgan fingerprint density at radius 3 is 2.24 bits per heavy atom. The highest BCUT2D eigenvalue weighted by Crippen LogP contribution is 2.56. The van der Waals surface area contributed by atoms with Gasteiger partial charge in [-0.1, -0.05) is 18.2 Å². The van der Waals surface area contributed by atoms with Crippen molar-refractivity contribution in [3.8, 4) is 0 Å². The summed E-state index contributed by atoms with van der Waals surface area (Å²) in [4.78, 5) is 49.8. The van der Waals surface area contributed by atoms with E-state index < -0.39 is 70.6 Å². The van der Waals surface area contributed by atoms with E-state index in [2.05, 4.69) is 0 Å². The minimum Gasteiger partial charge on any atom is -0.459 e. The molecule has 1 N–H and O–H groups in total. The van der Waals surface area contributed by atoms with Crippen molar-refractivity contribution in [2.75, 3.05) is 0 Å². The average molecular weight is 465 g/mol. The number of rotatable bonds is 4. The summed E-state index contributed by atoms with van der Waals surface area (Å²) in [6, 6.07) is 0. The third-order valence-corrected chi connectivity index (χ3v) is 7.15. The highest BCUT2D eigenvalue weighted by Gasteiger charge is 2.70. The van der Waals surface area contributed by atoms with Gasteiger partial charge in [-0.3, -0.25) is 9.59 Å². The van der Waals surface area contributed by atoms with Crippen LogP contribution in [0.15, 0.2) is 23.8 Å². The van der Waals surface area contributed by atoms with Crippen LogP contribution in [-0.4, -0.2) is 58.0 Å². The molecule has 0 spiro atoms. The molecule has 0 radical (unpaired) electrons. The van der Waals surface area contributed by atoms with Crippen LogP contribution < -0.4 is 0 Å². The van der Waals surface area contributed by atoms with E-state index in [-0.39, 0.29) is 6.42 Å². The summed E-state index contributed by atoms with van der Waals surface area (Å²) in [5.74, 6) is -4.89. The molecule has 9 heteroatoms. The molecule has 182 valence electrons. The second kappa shape index (κ2) is 8.27. The lowest BCUT2D eigenvalue weighted by Crippen LogP contribution is -2.52. The van der Waals surface area contributed by atoms with Crippen LogP contribution in [0.3, 0.4) is 0 Å². The van der Waals surface area contributed by atoms with Gasteiger partial charge < -0.3 is 24.1 Å². The zero-order valence-electron chi connectivity index (χ0n) is 20.0. The highest BCUT2D eigenvalue weighted by atomic mass is 16.6. The molecule has 0 aromatic rings. The van der Waals surface area contributed by atoms with Crippen LogP contribution in [0.5, 0.6) is 0 Å². The van der Waals surface area contributed by atoms with Gasteiger partial charge in [0.2, 0.25) is 5.60 Å². The third-order valence-electron chi connectivity index (χ3n) is 7.15. The molecule has 2 aliphatic carbocycles. The molecule has 3 aliphatic rings. The van der Waals surface area contributed by atoms with Crippen LogP contribution in [0, 0.1) is 17.8 Å². The topological polar surface area (TPSA) is 125 Å². The molecule has 1 saturated heterocycles. The number of aliphatic hydroxyl groups is 1. The molecule has 0 aromatic heterocycles. The number of carbonyl (C=O) groups is 4. The molecular weight excluding hydrogens is 432 g/mol. The van der Waals surface area contributed by atoms with Gasteiger partial charge in [-0.25, -0.2) is 9.59 Å². The molecular formula is C24H32O9. The number of hydrogen-bond acceptors (Lipinski definition) is 9. The molecule has 3 rings (SSSR count). The fourth-order valence-electron chi connectivity index (χ4n) is 5.61. The summed E-state index contributed by atoms with van der Waals surface area (Å²) in [6.07, 6.45) is 2.93. The molecule has 0 bridgehead atoms. The first-order valence-electron chi connectivity index (χ1n) is 11.0. The van der Waals surface area contributed by atoms with Gasteiger partial charge in [0.1, 0.15) is 17.8 Å². The molecule has 0 unspecified atom stereocenters. The van der Waals surface area contributed by atoms with Crippen molar-refractivity contribution >= 4 is 23.9 Å². The fraction of sp³-hybridized carbons (Fsp3) is 0.667. The smallest absolute Gasteiger partial charge is 0.351 e. The zero-order valence-corrected chi connectivity index (χ0v) is 20.0. The largest absolute Gasteiger partial charge is 0.459 e. The summed E-state index contributed by atoms with van der Waals surface area (Å²) < 4.78 is 22.8. The molecule has 8 atom stereocenters. The van der Waals surface area contributed by atoms with Crippen molar-refractivity contribution < 1.29 is 43.2 Å². The predicted octanol–water partition coefficient (Wildman–Crippen LogP) is 2.01. The lowest BCUT2D eigenvalue weighted by molar-refractivity contribution is -0.182. The van der Waals surface area contributed by atoms with Crippen molar-refractivity contribution in [3.63, 3.8) is 0 Å². The minimum absolute atomic E-state index is 0.00552. The summed E-state index contributed by atoms with van der Waals surface area (Å²) >= 11 is 0. The third kappa shape index (κ3) is 4.18. The van der Waals surface area contributed by atoms with Crippen LogP contribution in [-0.2, 0) is 38.1 Å². The number of fused-ring (bicyclic) bond motifs is 3. The van der Waals surface area contributed by atoms with Gasteiger partial charge in [-0.2, -0.15) is 0 Å². The number of ether oxygens (including phenoxy) is 4. The summed E-state index contributed by atoms with van der Waals surface area (Å²) in [7, 11) is 0. The van der Waals surface area contributed by atoms with E-state index in [1.807, 2.05) is 0 Å². The molecule has 1 heterocycles. The van der Waals surface area contributed by atoms with Gasteiger partial charge in [-0.05, 0) is 34.6 Å². The number of carbonyl (C=O) groups excluding carboxylic acids is 4. The molecule has 0 aromatic carbocycles. The highest BCUT2D eigenvalue weighted by molar-refractivity contribution is 5.88. The maximum absolute atomic E-state index is 13.0. The Morgan fingerprint density at radius 2 is 1.70 bits per heavy atom. The molecule has 9 nitrogen and oxygen atoms in total. The SMILES string of the molecule is C/C=C(\C)C(=O)O[C@H]1C[C@](C)(OC(C)=O)[C@H]2C=C[C@](C)(O)[C@H]2[C@@H]2OC(=O)[C@@](C)(OC(C)=O)[C@@H]21. The summed E-state index contributed by atoms with van der Waals surface area (Å²) in [6.45, 7) is 10.4. The lowest BCUT2D eigenvalue weighted by atomic mass is 9.72. The second-order valence-corrected chi connectivity index (χ2v) is 9.76. The first kappa shape index (κ1) is 25.0. The van der Waals surface area contributed by atoms with Gasteiger partial charge in [0.25, 0.3) is 0 Å². The Labute approximate surface area is 193 Å². The first-order chi connectivity index (χ1) is 15.2. The van der Waals surface area contributed by atoms with Gasteiger partial charge in [0.15, 0.2) is 0 Å². The van der Waals surface area contributed by atoms with E-state index in [1.54, 1.807) is 45.9 Å². The Balaban J connectivity index is 2.20. The Kier molecular flexibility index (Phi) is 6.25. The maximum atomic E-state index is 13.0. The molecule has 2 fully saturated rings. The average Bonchev–Trinajstić information content (AvgIpc) is 3.08. The fourth-order valence-corrected chi connectivity index (χ4v) is 5.61. The Morgan fingerprint density at radius 1 is 1.09 bits per heavy atom. The molecule has 0 amide bonds. The molecule has 1 saturated carbocycles. The van der Waals surface area contributed by atoms with Crippen LogP contribution in [0.4, 0.5) is 0 Å². The van der Waals surface area contributed by atoms with E-state index >= 15 is 0 Å². The summed E-state index contributed by atoms with van der Waals surface area (Å²) in [5, 5.41) is 11.2. The number of hydrogen-bond donors (Lipinski definition) is 1. The van der Waals surface area contributed by atoms with Crippen LogP contribution in [0.1, 0.15) is 54.9 Å². The van der Waals surface area contributed by atoms with E-state index in [9.17, 15) is 24.3 Å². The standard InChI is InChI=1S/C24H32O9/c1-8-12(2)20(27)30-16-11-23(6,32-13(3)25)15-9-10-22(5,29)17(15)19-18(16)24(7,21(28)31-19)33-14(4)26/h8-10,15-19,29H,11H2,1-7H3/b12-8+/t15-,16-,17+,18+,19-,22-,23-,24-/m0/s1. The van der Waals surface area contributed by atoms with Gasteiger partial charge in [-0.15, -0.1) is 0 Å². The van der Waals surface area contributed by atoms with Crippen LogP contribution in [0.2, 0.25) is 0 Å². The number of allylic oxidation sites excluding steroid dienone is 1.